The van der Waals surface area contributed by atoms with Gasteiger partial charge in [0.25, 0.3) is 0 Å². The SMILES string of the molecule is COc1cc(OC)nc(Oc2cccnc2CNc2ncc(C)s2)n1. The monoisotopic (exact) mass is 359 g/mol. The molecule has 0 atom stereocenters. The lowest BCUT2D eigenvalue weighted by Crippen LogP contribution is -2.04. The van der Waals surface area contributed by atoms with Crippen LogP contribution in [0.4, 0.5) is 5.13 Å². The minimum Gasteiger partial charge on any atom is -0.481 e. The number of rotatable bonds is 7. The summed E-state index contributed by atoms with van der Waals surface area (Å²) in [5.74, 6) is 1.24. The number of anilines is 1. The van der Waals surface area contributed by atoms with Gasteiger partial charge in [0.1, 0.15) is 5.69 Å². The number of methoxy groups -OCH3 is 2. The summed E-state index contributed by atoms with van der Waals surface area (Å²) in [5, 5.41) is 4.05. The Morgan fingerprint density at radius 2 is 1.88 bits per heavy atom. The molecule has 8 nitrogen and oxygen atoms in total. The lowest BCUT2D eigenvalue weighted by Gasteiger charge is -2.10. The Bertz CT molecular complexity index is 833. The Hall–Kier alpha value is -2.94. The van der Waals surface area contributed by atoms with Gasteiger partial charge in [-0.1, -0.05) is 0 Å². The Morgan fingerprint density at radius 1 is 1.12 bits per heavy atom. The Balaban J connectivity index is 1.78. The van der Waals surface area contributed by atoms with Gasteiger partial charge in [-0.05, 0) is 19.1 Å². The third kappa shape index (κ3) is 4.32. The standard InChI is InChI=1S/C16H17N5O3S/c1-10-8-18-16(25-10)19-9-11-12(5-4-6-17-11)24-15-20-13(22-2)7-14(21-15)23-3/h4-8H,9H2,1-3H3,(H,18,19). The molecule has 0 unspecified atom stereocenters. The number of pyridine rings is 1. The van der Waals surface area contributed by atoms with E-state index in [1.807, 2.05) is 13.1 Å². The second-order valence-electron chi connectivity index (χ2n) is 4.92. The zero-order valence-electron chi connectivity index (χ0n) is 14.0. The van der Waals surface area contributed by atoms with Crippen LogP contribution in [0.1, 0.15) is 10.6 Å². The summed E-state index contributed by atoms with van der Waals surface area (Å²) in [6.45, 7) is 2.47. The number of nitrogens with one attached hydrogen (secondary N) is 1. The fourth-order valence-electron chi connectivity index (χ4n) is 1.98. The second kappa shape index (κ2) is 7.75. The Kier molecular flexibility index (Phi) is 5.24. The predicted octanol–water partition coefficient (Wildman–Crippen LogP) is 3.06. The lowest BCUT2D eigenvalue weighted by molar-refractivity contribution is 0.347. The molecule has 3 rings (SSSR count). The van der Waals surface area contributed by atoms with Crippen molar-refractivity contribution in [3.8, 4) is 23.5 Å². The summed E-state index contributed by atoms with van der Waals surface area (Å²) >= 11 is 1.58. The molecular formula is C16H17N5O3S. The van der Waals surface area contributed by atoms with Crippen molar-refractivity contribution in [2.75, 3.05) is 19.5 Å². The molecule has 0 bridgehead atoms. The molecule has 0 aliphatic rings. The quantitative estimate of drug-likeness (QED) is 0.688. The average molecular weight is 359 g/mol. The van der Waals surface area contributed by atoms with Crippen molar-refractivity contribution >= 4 is 16.5 Å². The first-order chi connectivity index (χ1) is 12.2. The molecule has 25 heavy (non-hydrogen) atoms. The minimum atomic E-state index is 0.121. The summed E-state index contributed by atoms with van der Waals surface area (Å²) < 4.78 is 16.0. The smallest absolute Gasteiger partial charge is 0.328 e. The summed E-state index contributed by atoms with van der Waals surface area (Å²) in [7, 11) is 3.03. The van der Waals surface area contributed by atoms with E-state index in [2.05, 4.69) is 25.3 Å². The van der Waals surface area contributed by atoms with Gasteiger partial charge >= 0.3 is 6.01 Å². The van der Waals surface area contributed by atoms with E-state index >= 15 is 0 Å². The van der Waals surface area contributed by atoms with E-state index in [-0.39, 0.29) is 6.01 Å². The van der Waals surface area contributed by atoms with Gasteiger partial charge in [-0.3, -0.25) is 4.98 Å². The summed E-state index contributed by atoms with van der Waals surface area (Å²) in [5.41, 5.74) is 0.709. The van der Waals surface area contributed by atoms with Crippen LogP contribution in [-0.4, -0.2) is 34.2 Å². The van der Waals surface area contributed by atoms with Gasteiger partial charge in [0.15, 0.2) is 10.9 Å². The first-order valence-electron chi connectivity index (χ1n) is 7.43. The number of hydrogen-bond donors (Lipinski definition) is 1. The minimum absolute atomic E-state index is 0.121. The van der Waals surface area contributed by atoms with Gasteiger partial charge in [-0.15, -0.1) is 11.3 Å². The van der Waals surface area contributed by atoms with Gasteiger partial charge < -0.3 is 19.5 Å². The third-order valence-corrected chi connectivity index (χ3v) is 4.03. The van der Waals surface area contributed by atoms with Crippen LogP contribution in [0.15, 0.2) is 30.6 Å². The second-order valence-corrected chi connectivity index (χ2v) is 6.15. The third-order valence-electron chi connectivity index (χ3n) is 3.15. The number of hydrogen-bond acceptors (Lipinski definition) is 9. The van der Waals surface area contributed by atoms with Crippen molar-refractivity contribution in [2.24, 2.45) is 0 Å². The Labute approximate surface area is 148 Å². The number of aromatic nitrogens is 4. The molecule has 0 aliphatic carbocycles. The zero-order valence-corrected chi connectivity index (χ0v) is 14.8. The van der Waals surface area contributed by atoms with E-state index in [0.717, 1.165) is 10.0 Å². The van der Waals surface area contributed by atoms with Gasteiger partial charge in [0.05, 0.1) is 26.8 Å². The van der Waals surface area contributed by atoms with Gasteiger partial charge in [-0.25, -0.2) is 4.98 Å². The number of aryl methyl sites for hydroxylation is 1. The molecule has 3 aromatic rings. The molecule has 0 radical (unpaired) electrons. The molecule has 0 aromatic carbocycles. The fraction of sp³-hybridized carbons (Fsp3) is 0.250. The molecule has 0 saturated carbocycles. The Morgan fingerprint density at radius 3 is 2.52 bits per heavy atom. The van der Waals surface area contributed by atoms with Crippen LogP contribution in [0.5, 0.6) is 23.5 Å². The number of ether oxygens (including phenoxy) is 3. The van der Waals surface area contributed by atoms with Crippen molar-refractivity contribution in [1.29, 1.82) is 0 Å². The highest BCUT2D eigenvalue weighted by atomic mass is 32.1. The van der Waals surface area contributed by atoms with Crippen molar-refractivity contribution in [3.05, 3.63) is 41.2 Å². The number of nitrogens with zero attached hydrogens (tertiary/aromatic N) is 4. The van der Waals surface area contributed by atoms with Crippen LogP contribution in [-0.2, 0) is 6.54 Å². The zero-order chi connectivity index (χ0) is 17.6. The topological polar surface area (TPSA) is 91.3 Å². The maximum Gasteiger partial charge on any atom is 0.328 e. The molecule has 130 valence electrons. The largest absolute Gasteiger partial charge is 0.481 e. The maximum absolute atomic E-state index is 5.79. The molecular weight excluding hydrogens is 342 g/mol. The van der Waals surface area contributed by atoms with Crippen LogP contribution in [0, 0.1) is 6.92 Å². The predicted molar refractivity (Wildman–Crippen MR) is 93.6 cm³/mol. The first kappa shape index (κ1) is 16.9. The highest BCUT2D eigenvalue weighted by molar-refractivity contribution is 7.15. The molecule has 3 aromatic heterocycles. The van der Waals surface area contributed by atoms with E-state index < -0.39 is 0 Å². The molecule has 0 aliphatic heterocycles. The van der Waals surface area contributed by atoms with Crippen molar-refractivity contribution < 1.29 is 14.2 Å². The van der Waals surface area contributed by atoms with E-state index in [9.17, 15) is 0 Å². The maximum atomic E-state index is 5.79. The fourth-order valence-corrected chi connectivity index (χ4v) is 2.64. The molecule has 1 N–H and O–H groups in total. The average Bonchev–Trinajstić information content (AvgIpc) is 3.06. The van der Waals surface area contributed by atoms with E-state index in [1.165, 1.54) is 14.2 Å². The summed E-state index contributed by atoms with van der Waals surface area (Å²) in [6.07, 6.45) is 3.52. The van der Waals surface area contributed by atoms with Crippen LogP contribution in [0.3, 0.4) is 0 Å². The van der Waals surface area contributed by atoms with Gasteiger partial charge in [-0.2, -0.15) is 9.97 Å². The molecule has 3 heterocycles. The first-order valence-corrected chi connectivity index (χ1v) is 8.24. The van der Waals surface area contributed by atoms with Crippen molar-refractivity contribution in [1.82, 2.24) is 19.9 Å². The van der Waals surface area contributed by atoms with Crippen molar-refractivity contribution in [2.45, 2.75) is 13.5 Å². The molecule has 0 fully saturated rings. The van der Waals surface area contributed by atoms with E-state index in [4.69, 9.17) is 14.2 Å². The van der Waals surface area contributed by atoms with Crippen LogP contribution >= 0.6 is 11.3 Å². The van der Waals surface area contributed by atoms with E-state index in [0.29, 0.717) is 29.7 Å². The van der Waals surface area contributed by atoms with Crippen LogP contribution in [0.2, 0.25) is 0 Å². The molecule has 0 saturated heterocycles. The van der Waals surface area contributed by atoms with Crippen LogP contribution in [0.25, 0.3) is 0 Å². The summed E-state index contributed by atoms with van der Waals surface area (Å²) in [6, 6.07) is 5.27. The van der Waals surface area contributed by atoms with Gasteiger partial charge in [0.2, 0.25) is 11.8 Å². The lowest BCUT2D eigenvalue weighted by atomic mass is 10.3. The van der Waals surface area contributed by atoms with Crippen LogP contribution < -0.4 is 19.5 Å². The highest BCUT2D eigenvalue weighted by Crippen LogP contribution is 2.26. The molecule has 0 spiro atoms. The van der Waals surface area contributed by atoms with Crippen molar-refractivity contribution in [3.63, 3.8) is 0 Å². The highest BCUT2D eigenvalue weighted by Gasteiger charge is 2.11. The molecule has 0 amide bonds. The number of thiazole rings is 1. The molecule has 9 heteroatoms. The van der Waals surface area contributed by atoms with Gasteiger partial charge in [0, 0.05) is 17.3 Å². The normalized spacial score (nSPS) is 10.4. The summed E-state index contributed by atoms with van der Waals surface area (Å²) in [4.78, 5) is 18.1. The van der Waals surface area contributed by atoms with E-state index in [1.54, 1.807) is 35.7 Å².